The maximum atomic E-state index is 13.6. The predicted molar refractivity (Wildman–Crippen MR) is 125 cm³/mol. The summed E-state index contributed by atoms with van der Waals surface area (Å²) in [5.74, 6) is 0.0494. The van der Waals surface area contributed by atoms with Gasteiger partial charge in [-0.15, -0.1) is 0 Å². The quantitative estimate of drug-likeness (QED) is 0.487. The van der Waals surface area contributed by atoms with Crippen LogP contribution in [0.2, 0.25) is 0 Å². The summed E-state index contributed by atoms with van der Waals surface area (Å²) in [5, 5.41) is 0.757. The molecule has 0 aliphatic carbocycles. The van der Waals surface area contributed by atoms with Crippen molar-refractivity contribution in [3.63, 3.8) is 0 Å². The van der Waals surface area contributed by atoms with Gasteiger partial charge in [0.15, 0.2) is 0 Å². The molecule has 9 nitrogen and oxygen atoms in total. The number of benzene rings is 2. The minimum atomic E-state index is -3.99. The lowest BCUT2D eigenvalue weighted by molar-refractivity contribution is 0.0600. The summed E-state index contributed by atoms with van der Waals surface area (Å²) >= 11 is 0. The molecule has 1 atom stereocenters. The van der Waals surface area contributed by atoms with Gasteiger partial charge < -0.3 is 19.2 Å². The first kappa shape index (κ1) is 23.9. The number of fused-ring (bicyclic) bond motifs is 1. The van der Waals surface area contributed by atoms with E-state index < -0.39 is 16.0 Å². The highest BCUT2D eigenvalue weighted by Crippen LogP contribution is 2.24. The molecule has 4 rings (SSSR count). The number of hydrogen-bond donors (Lipinski definition) is 1. The first-order chi connectivity index (χ1) is 16.3. The summed E-state index contributed by atoms with van der Waals surface area (Å²) in [6, 6.07) is 12.5. The van der Waals surface area contributed by atoms with Crippen LogP contribution in [-0.4, -0.2) is 57.2 Å². The lowest BCUT2D eigenvalue weighted by Crippen LogP contribution is -2.38. The summed E-state index contributed by atoms with van der Waals surface area (Å²) < 4.78 is 43.9. The lowest BCUT2D eigenvalue weighted by atomic mass is 10.1. The van der Waals surface area contributed by atoms with E-state index in [0.717, 1.165) is 18.2 Å². The maximum absolute atomic E-state index is 13.6. The molecule has 2 heterocycles. The monoisotopic (exact) mass is 486 g/mol. The van der Waals surface area contributed by atoms with Gasteiger partial charge in [-0.25, -0.2) is 13.2 Å². The van der Waals surface area contributed by atoms with Crippen molar-refractivity contribution in [2.24, 2.45) is 0 Å². The highest BCUT2D eigenvalue weighted by molar-refractivity contribution is 7.89. The second-order valence-electron chi connectivity index (χ2n) is 8.03. The fraction of sp³-hybridized carbons (Fsp3) is 0.333. The molecule has 1 unspecified atom stereocenters. The van der Waals surface area contributed by atoms with Gasteiger partial charge in [-0.05, 0) is 60.7 Å². The Bertz CT molecular complexity index is 1340. The van der Waals surface area contributed by atoms with Crippen LogP contribution in [0.4, 0.5) is 0 Å². The number of esters is 1. The molecule has 1 aliphatic heterocycles. The topological polar surface area (TPSA) is 115 Å². The summed E-state index contributed by atoms with van der Waals surface area (Å²) in [6.07, 6.45) is 1.33. The zero-order valence-corrected chi connectivity index (χ0v) is 19.8. The Labute approximate surface area is 197 Å². The predicted octanol–water partition coefficient (Wildman–Crippen LogP) is 2.69. The number of nitrogens with zero attached hydrogens (tertiary/aromatic N) is 1. The molecular weight excluding hydrogens is 460 g/mol. The summed E-state index contributed by atoms with van der Waals surface area (Å²) in [6.45, 7) is 0.560. The van der Waals surface area contributed by atoms with Crippen LogP contribution in [0.25, 0.3) is 10.9 Å². The fourth-order valence-corrected chi connectivity index (χ4v) is 5.40. The molecule has 3 aromatic rings. The van der Waals surface area contributed by atoms with E-state index in [4.69, 9.17) is 9.47 Å². The normalized spacial score (nSPS) is 16.1. The van der Waals surface area contributed by atoms with Crippen molar-refractivity contribution in [3.05, 3.63) is 70.0 Å². The molecule has 0 spiro atoms. The van der Waals surface area contributed by atoms with Crippen molar-refractivity contribution in [1.29, 1.82) is 0 Å². The van der Waals surface area contributed by atoms with Crippen LogP contribution < -0.4 is 10.3 Å². The standard InChI is InChI=1S/C24H26N2O7S/c1-31-19-8-5-17-12-18(23(27)25-22(17)13-19)14-26(15-20-4-3-11-33-20)34(29,30)21-9-6-16(7-10-21)24(28)32-2/h5-10,12-13,20H,3-4,11,14-15H2,1-2H3,(H,25,27). The average molecular weight is 487 g/mol. The van der Waals surface area contributed by atoms with Crippen molar-refractivity contribution in [3.8, 4) is 5.75 Å². The number of rotatable bonds is 8. The zero-order chi connectivity index (χ0) is 24.3. The summed E-state index contributed by atoms with van der Waals surface area (Å²) in [4.78, 5) is 27.4. The number of carbonyl (C=O) groups excluding carboxylic acids is 1. The molecule has 180 valence electrons. The van der Waals surface area contributed by atoms with E-state index >= 15 is 0 Å². The molecule has 1 fully saturated rings. The minimum absolute atomic E-state index is 0.0140. The van der Waals surface area contributed by atoms with Crippen molar-refractivity contribution in [2.45, 2.75) is 30.4 Å². The second kappa shape index (κ2) is 9.96. The molecule has 1 aromatic heterocycles. The molecule has 0 bridgehead atoms. The number of sulfonamides is 1. The lowest BCUT2D eigenvalue weighted by Gasteiger charge is -2.25. The van der Waals surface area contributed by atoms with Crippen LogP contribution in [0.5, 0.6) is 5.75 Å². The van der Waals surface area contributed by atoms with E-state index in [2.05, 4.69) is 9.72 Å². The van der Waals surface area contributed by atoms with Crippen molar-refractivity contribution < 1.29 is 27.4 Å². The fourth-order valence-electron chi connectivity index (χ4n) is 3.95. The van der Waals surface area contributed by atoms with Crippen LogP contribution >= 0.6 is 0 Å². The van der Waals surface area contributed by atoms with Crippen molar-refractivity contribution in [1.82, 2.24) is 9.29 Å². The number of methoxy groups -OCH3 is 2. The first-order valence-corrected chi connectivity index (χ1v) is 12.3. The molecule has 10 heteroatoms. The highest BCUT2D eigenvalue weighted by atomic mass is 32.2. The Morgan fingerprint density at radius 1 is 1.15 bits per heavy atom. The SMILES string of the molecule is COC(=O)c1ccc(S(=O)(=O)N(Cc2cc3ccc(OC)cc3[nH]c2=O)CC2CCCO2)cc1. The Hall–Kier alpha value is -3.21. The van der Waals surface area contributed by atoms with Gasteiger partial charge in [0.05, 0.1) is 36.3 Å². The Balaban J connectivity index is 1.69. The van der Waals surface area contributed by atoms with E-state index in [0.29, 0.717) is 23.4 Å². The third kappa shape index (κ3) is 4.98. The largest absolute Gasteiger partial charge is 0.497 e. The molecular formula is C24H26N2O7S. The number of nitrogens with one attached hydrogen (secondary N) is 1. The maximum Gasteiger partial charge on any atom is 0.337 e. The van der Waals surface area contributed by atoms with Crippen molar-refractivity contribution in [2.75, 3.05) is 27.4 Å². The Morgan fingerprint density at radius 2 is 1.91 bits per heavy atom. The number of carbonyl (C=O) groups is 1. The van der Waals surface area contributed by atoms with Crippen LogP contribution in [0, 0.1) is 0 Å². The Kier molecular flexibility index (Phi) is 7.01. The number of pyridine rings is 1. The Morgan fingerprint density at radius 3 is 2.56 bits per heavy atom. The zero-order valence-electron chi connectivity index (χ0n) is 18.9. The third-order valence-electron chi connectivity index (χ3n) is 5.82. The molecule has 0 amide bonds. The minimum Gasteiger partial charge on any atom is -0.497 e. The number of aromatic amines is 1. The van der Waals surface area contributed by atoms with Gasteiger partial charge in [0, 0.05) is 31.3 Å². The molecule has 34 heavy (non-hydrogen) atoms. The van der Waals surface area contributed by atoms with Gasteiger partial charge in [-0.1, -0.05) is 0 Å². The molecule has 0 radical (unpaired) electrons. The van der Waals surface area contributed by atoms with E-state index in [1.54, 1.807) is 31.4 Å². The summed E-state index contributed by atoms with van der Waals surface area (Å²) in [7, 11) is -1.19. The molecule has 1 saturated heterocycles. The van der Waals surface area contributed by atoms with Crippen LogP contribution in [0.15, 0.2) is 58.2 Å². The molecule has 1 N–H and O–H groups in total. The molecule has 2 aromatic carbocycles. The van der Waals surface area contributed by atoms with Crippen molar-refractivity contribution >= 4 is 26.9 Å². The third-order valence-corrected chi connectivity index (χ3v) is 7.65. The first-order valence-electron chi connectivity index (χ1n) is 10.8. The van der Waals surface area contributed by atoms with Gasteiger partial charge in [0.25, 0.3) is 5.56 Å². The van der Waals surface area contributed by atoms with Gasteiger partial charge in [-0.2, -0.15) is 4.31 Å². The van der Waals surface area contributed by atoms with Gasteiger partial charge in [0.2, 0.25) is 10.0 Å². The van der Waals surface area contributed by atoms with Crippen LogP contribution in [0.3, 0.4) is 0 Å². The number of aromatic nitrogens is 1. The van der Waals surface area contributed by atoms with E-state index in [1.165, 1.54) is 35.7 Å². The van der Waals surface area contributed by atoms with Gasteiger partial charge in [0.1, 0.15) is 5.75 Å². The van der Waals surface area contributed by atoms with E-state index in [1.807, 2.05) is 0 Å². The van der Waals surface area contributed by atoms with Gasteiger partial charge in [-0.3, -0.25) is 4.79 Å². The van der Waals surface area contributed by atoms with E-state index in [-0.39, 0.29) is 35.2 Å². The molecule has 0 saturated carbocycles. The average Bonchev–Trinajstić information content (AvgIpc) is 3.36. The van der Waals surface area contributed by atoms with E-state index in [9.17, 15) is 18.0 Å². The number of ether oxygens (including phenoxy) is 3. The highest BCUT2D eigenvalue weighted by Gasteiger charge is 2.30. The molecule has 1 aliphatic rings. The van der Waals surface area contributed by atoms with Gasteiger partial charge >= 0.3 is 5.97 Å². The van der Waals surface area contributed by atoms with Crippen LogP contribution in [0.1, 0.15) is 28.8 Å². The smallest absolute Gasteiger partial charge is 0.337 e. The second-order valence-corrected chi connectivity index (χ2v) is 9.96. The number of hydrogen-bond acceptors (Lipinski definition) is 7. The summed E-state index contributed by atoms with van der Waals surface area (Å²) in [5.41, 5.74) is 0.772. The number of H-pyrrole nitrogens is 1. The van der Waals surface area contributed by atoms with Crippen LogP contribution in [-0.2, 0) is 26.0 Å².